The number of amides is 1. The Morgan fingerprint density at radius 1 is 1.26 bits per heavy atom. The zero-order chi connectivity index (χ0) is 16.2. The fourth-order valence-electron chi connectivity index (χ4n) is 1.93. The molecular weight excluding hydrogens is 314 g/mol. The van der Waals surface area contributed by atoms with Crippen LogP contribution in [0.15, 0.2) is 56.7 Å². The molecular formula is C16H15N3O3S. The number of furan rings is 1. The van der Waals surface area contributed by atoms with E-state index in [2.05, 4.69) is 15.5 Å². The normalized spacial score (nSPS) is 12.1. The fourth-order valence-corrected chi connectivity index (χ4v) is 2.61. The van der Waals surface area contributed by atoms with Gasteiger partial charge in [-0.15, -0.1) is 10.2 Å². The van der Waals surface area contributed by atoms with Crippen LogP contribution in [0, 0.1) is 6.92 Å². The quantitative estimate of drug-likeness (QED) is 0.718. The van der Waals surface area contributed by atoms with Crippen LogP contribution in [-0.4, -0.2) is 21.4 Å². The summed E-state index contributed by atoms with van der Waals surface area (Å²) in [5.41, 5.74) is 1.85. The molecule has 0 bridgehead atoms. The number of hydrogen-bond acceptors (Lipinski definition) is 6. The summed E-state index contributed by atoms with van der Waals surface area (Å²) in [5.74, 6) is 0.670. The molecule has 1 amide bonds. The van der Waals surface area contributed by atoms with Gasteiger partial charge in [0, 0.05) is 5.69 Å². The van der Waals surface area contributed by atoms with Crippen molar-refractivity contribution in [2.45, 2.75) is 24.3 Å². The monoisotopic (exact) mass is 329 g/mol. The average molecular weight is 329 g/mol. The smallest absolute Gasteiger partial charge is 0.284 e. The van der Waals surface area contributed by atoms with E-state index < -0.39 is 0 Å². The standard InChI is InChI=1S/C16H15N3O3S/c1-10-5-3-6-12(9-10)17-14(20)11(2)23-16-19-18-15(22-16)13-7-4-8-21-13/h3-9,11H,1-2H3,(H,17,20). The number of rotatable bonds is 5. The van der Waals surface area contributed by atoms with E-state index in [0.717, 1.165) is 11.3 Å². The van der Waals surface area contributed by atoms with Crippen LogP contribution in [0.2, 0.25) is 0 Å². The van der Waals surface area contributed by atoms with E-state index in [-0.39, 0.29) is 11.2 Å². The SMILES string of the molecule is Cc1cccc(NC(=O)C(C)Sc2nnc(-c3ccco3)o2)c1. The van der Waals surface area contributed by atoms with Crippen LogP contribution in [0.4, 0.5) is 5.69 Å². The van der Waals surface area contributed by atoms with E-state index in [9.17, 15) is 4.79 Å². The Bertz CT molecular complexity index is 799. The third-order valence-corrected chi connectivity index (χ3v) is 4.01. The van der Waals surface area contributed by atoms with Crippen LogP contribution in [0.3, 0.4) is 0 Å². The third kappa shape index (κ3) is 3.81. The predicted molar refractivity (Wildman–Crippen MR) is 87.1 cm³/mol. The molecule has 0 fully saturated rings. The Kier molecular flexibility index (Phi) is 4.47. The largest absolute Gasteiger partial charge is 0.459 e. The second kappa shape index (κ2) is 6.70. The van der Waals surface area contributed by atoms with Crippen LogP contribution < -0.4 is 5.32 Å². The number of carbonyl (C=O) groups is 1. The molecule has 0 aliphatic rings. The summed E-state index contributed by atoms with van der Waals surface area (Å²) in [6.45, 7) is 3.76. The summed E-state index contributed by atoms with van der Waals surface area (Å²) in [4.78, 5) is 12.2. The third-order valence-electron chi connectivity index (χ3n) is 3.07. The molecule has 0 spiro atoms. The fraction of sp³-hybridized carbons (Fsp3) is 0.188. The highest BCUT2D eigenvalue weighted by Gasteiger charge is 2.19. The first-order valence-electron chi connectivity index (χ1n) is 7.03. The number of benzene rings is 1. The molecule has 1 aromatic carbocycles. The molecule has 0 saturated carbocycles. The molecule has 1 N–H and O–H groups in total. The number of carbonyl (C=O) groups excluding carboxylic acids is 1. The summed E-state index contributed by atoms with van der Waals surface area (Å²) in [6, 6.07) is 11.1. The summed E-state index contributed by atoms with van der Waals surface area (Å²) in [7, 11) is 0. The highest BCUT2D eigenvalue weighted by atomic mass is 32.2. The first-order valence-corrected chi connectivity index (χ1v) is 7.91. The van der Waals surface area contributed by atoms with E-state index in [4.69, 9.17) is 8.83 Å². The Morgan fingerprint density at radius 2 is 2.13 bits per heavy atom. The summed E-state index contributed by atoms with van der Waals surface area (Å²) in [6.07, 6.45) is 1.53. The maximum Gasteiger partial charge on any atom is 0.284 e. The van der Waals surface area contributed by atoms with Gasteiger partial charge in [-0.05, 0) is 43.7 Å². The van der Waals surface area contributed by atoms with E-state index >= 15 is 0 Å². The molecule has 3 aromatic rings. The van der Waals surface area contributed by atoms with E-state index in [1.54, 1.807) is 19.1 Å². The molecule has 0 aliphatic carbocycles. The number of aromatic nitrogens is 2. The van der Waals surface area contributed by atoms with Crippen LogP contribution in [-0.2, 0) is 4.79 Å². The van der Waals surface area contributed by atoms with Crippen LogP contribution in [0.1, 0.15) is 12.5 Å². The van der Waals surface area contributed by atoms with Gasteiger partial charge in [-0.2, -0.15) is 0 Å². The maximum absolute atomic E-state index is 12.2. The highest BCUT2D eigenvalue weighted by molar-refractivity contribution is 8.00. The second-order valence-electron chi connectivity index (χ2n) is 4.97. The van der Waals surface area contributed by atoms with Gasteiger partial charge < -0.3 is 14.2 Å². The van der Waals surface area contributed by atoms with Crippen molar-refractivity contribution in [2.24, 2.45) is 0 Å². The van der Waals surface area contributed by atoms with Gasteiger partial charge in [0.15, 0.2) is 5.76 Å². The Hall–Kier alpha value is -2.54. The minimum atomic E-state index is -0.375. The Labute approximate surface area is 137 Å². The van der Waals surface area contributed by atoms with Crippen molar-refractivity contribution in [3.63, 3.8) is 0 Å². The summed E-state index contributed by atoms with van der Waals surface area (Å²) < 4.78 is 10.7. The van der Waals surface area contributed by atoms with Crippen LogP contribution in [0.5, 0.6) is 0 Å². The van der Waals surface area contributed by atoms with Gasteiger partial charge in [0.1, 0.15) is 0 Å². The first kappa shape index (κ1) is 15.4. The van der Waals surface area contributed by atoms with Gasteiger partial charge in [-0.1, -0.05) is 23.9 Å². The number of anilines is 1. The molecule has 118 valence electrons. The van der Waals surface area contributed by atoms with Gasteiger partial charge in [0.25, 0.3) is 11.1 Å². The number of nitrogens with zero attached hydrogens (tertiary/aromatic N) is 2. The van der Waals surface area contributed by atoms with Crippen molar-refractivity contribution < 1.29 is 13.6 Å². The van der Waals surface area contributed by atoms with Crippen LogP contribution >= 0.6 is 11.8 Å². The average Bonchev–Trinajstić information content (AvgIpc) is 3.17. The van der Waals surface area contributed by atoms with Gasteiger partial charge in [0.2, 0.25) is 5.91 Å². The number of hydrogen-bond donors (Lipinski definition) is 1. The highest BCUT2D eigenvalue weighted by Crippen LogP contribution is 2.26. The molecule has 0 saturated heterocycles. The van der Waals surface area contributed by atoms with Gasteiger partial charge >= 0.3 is 0 Å². The lowest BCUT2D eigenvalue weighted by molar-refractivity contribution is -0.115. The van der Waals surface area contributed by atoms with Crippen molar-refractivity contribution >= 4 is 23.4 Å². The predicted octanol–water partition coefficient (Wildman–Crippen LogP) is 3.76. The Balaban J connectivity index is 1.62. The molecule has 6 nitrogen and oxygen atoms in total. The first-order chi connectivity index (χ1) is 11.1. The molecule has 3 rings (SSSR count). The zero-order valence-electron chi connectivity index (χ0n) is 12.6. The molecule has 23 heavy (non-hydrogen) atoms. The topological polar surface area (TPSA) is 81.2 Å². The lowest BCUT2D eigenvalue weighted by atomic mass is 10.2. The molecule has 0 aliphatic heterocycles. The van der Waals surface area contributed by atoms with Gasteiger partial charge in [-0.3, -0.25) is 4.79 Å². The lowest BCUT2D eigenvalue weighted by Gasteiger charge is -2.10. The number of thioether (sulfide) groups is 1. The lowest BCUT2D eigenvalue weighted by Crippen LogP contribution is -2.22. The van der Waals surface area contributed by atoms with Crippen molar-refractivity contribution in [3.05, 3.63) is 48.2 Å². The summed E-state index contributed by atoms with van der Waals surface area (Å²) in [5, 5.41) is 10.6. The molecule has 2 heterocycles. The molecule has 2 aromatic heterocycles. The minimum absolute atomic E-state index is 0.127. The van der Waals surface area contributed by atoms with Crippen molar-refractivity contribution in [1.29, 1.82) is 0 Å². The van der Waals surface area contributed by atoms with Gasteiger partial charge in [-0.25, -0.2) is 0 Å². The van der Waals surface area contributed by atoms with Crippen LogP contribution in [0.25, 0.3) is 11.7 Å². The number of nitrogens with one attached hydrogen (secondary N) is 1. The molecule has 1 atom stereocenters. The Morgan fingerprint density at radius 3 is 2.87 bits per heavy atom. The second-order valence-corrected chi connectivity index (χ2v) is 6.26. The van der Waals surface area contributed by atoms with E-state index in [1.807, 2.05) is 31.2 Å². The summed E-state index contributed by atoms with van der Waals surface area (Å²) >= 11 is 1.20. The van der Waals surface area contributed by atoms with Gasteiger partial charge in [0.05, 0.1) is 11.5 Å². The minimum Gasteiger partial charge on any atom is -0.459 e. The van der Waals surface area contributed by atoms with Crippen molar-refractivity contribution in [1.82, 2.24) is 10.2 Å². The zero-order valence-corrected chi connectivity index (χ0v) is 13.5. The van der Waals surface area contributed by atoms with E-state index in [1.165, 1.54) is 18.0 Å². The van der Waals surface area contributed by atoms with E-state index in [0.29, 0.717) is 16.9 Å². The molecule has 1 unspecified atom stereocenters. The molecule has 0 radical (unpaired) electrons. The number of aryl methyl sites for hydroxylation is 1. The maximum atomic E-state index is 12.2. The van der Waals surface area contributed by atoms with Crippen molar-refractivity contribution in [2.75, 3.05) is 5.32 Å². The van der Waals surface area contributed by atoms with Crippen molar-refractivity contribution in [3.8, 4) is 11.7 Å². The molecule has 7 heteroatoms.